The van der Waals surface area contributed by atoms with Crippen LogP contribution in [0.2, 0.25) is 0 Å². The standard InChI is InChI=1S/C53H48N10O17S4/c1-29-17-38(8-13-43(29)58-56-37-9-14-44(30(2)18-37)59-62-47-26-42-34(23-49(47)83(73,74)75)22-40(81(67,68)69)25-48(42)82(70,71)72)57-60-45-19-32(4)46(20-31(45)3)61-63-52-50(84(76,77)78)24-33-21-36(7-12-41(33)53(52)66)55-28-80-39-10-5-35(6-11-39)54-27-79-16-15-51(64)65/h5-14,17-26,54-55,66H,15-16,27-28H2,1-4H3,(H,64,65)(H,67,68,69)(H,70,71,72)(H,73,74,75)(H,76,77,78). The summed E-state index contributed by atoms with van der Waals surface area (Å²) in [4.78, 5) is 7.07. The summed E-state index contributed by atoms with van der Waals surface area (Å²) in [5.74, 6) is -0.975. The molecule has 8 aromatic carbocycles. The average Bonchev–Trinajstić information content (AvgIpc) is 2.46. The number of aryl methyl sites for hydroxylation is 4. The topological polar surface area (TPSA) is 416 Å². The molecule has 436 valence electrons. The second-order valence-corrected chi connectivity index (χ2v) is 24.0. The predicted molar refractivity (Wildman–Crippen MR) is 306 cm³/mol. The van der Waals surface area contributed by atoms with Gasteiger partial charge in [0.15, 0.2) is 12.5 Å². The van der Waals surface area contributed by atoms with Crippen molar-refractivity contribution in [2.24, 2.45) is 40.9 Å². The molecule has 0 radical (unpaired) electrons. The van der Waals surface area contributed by atoms with Crippen LogP contribution in [0.5, 0.6) is 11.5 Å². The van der Waals surface area contributed by atoms with E-state index in [1.54, 1.807) is 100 Å². The molecule has 0 amide bonds. The first-order chi connectivity index (χ1) is 39.5. The number of aliphatic carboxylic acids is 1. The van der Waals surface area contributed by atoms with E-state index in [1.807, 2.05) is 0 Å². The Morgan fingerprint density at radius 3 is 1.52 bits per heavy atom. The van der Waals surface area contributed by atoms with Gasteiger partial charge in [-0.3, -0.25) is 23.0 Å². The van der Waals surface area contributed by atoms with Gasteiger partial charge in [-0.05, 0) is 182 Å². The zero-order chi connectivity index (χ0) is 60.9. The number of hydrogen-bond donors (Lipinski definition) is 8. The maximum absolute atomic E-state index is 12.7. The van der Waals surface area contributed by atoms with Crippen molar-refractivity contribution in [2.75, 3.05) is 30.7 Å². The summed E-state index contributed by atoms with van der Waals surface area (Å²) in [6.45, 7) is 7.07. The molecule has 0 aromatic heterocycles. The van der Waals surface area contributed by atoms with Crippen molar-refractivity contribution in [3.63, 3.8) is 0 Å². The Hall–Kier alpha value is -9.05. The number of carboxylic acids is 1. The van der Waals surface area contributed by atoms with Crippen LogP contribution in [0, 0.1) is 27.7 Å². The molecule has 31 heteroatoms. The molecule has 84 heavy (non-hydrogen) atoms. The molecule has 0 fully saturated rings. The fourth-order valence-electron chi connectivity index (χ4n) is 8.02. The molecule has 0 saturated heterocycles. The van der Waals surface area contributed by atoms with E-state index < -0.39 is 93.9 Å². The van der Waals surface area contributed by atoms with Gasteiger partial charge in [-0.15, -0.1) is 10.2 Å². The average molecular weight is 1230 g/mol. The quantitative estimate of drug-likeness (QED) is 0.0135. The minimum atomic E-state index is -5.15. The van der Waals surface area contributed by atoms with Gasteiger partial charge >= 0.3 is 5.97 Å². The van der Waals surface area contributed by atoms with Crippen LogP contribution >= 0.6 is 0 Å². The third kappa shape index (κ3) is 15.1. The Kier molecular flexibility index (Phi) is 18.0. The third-order valence-corrected chi connectivity index (χ3v) is 15.8. The molecule has 8 rings (SSSR count). The van der Waals surface area contributed by atoms with Gasteiger partial charge in [0.1, 0.15) is 38.5 Å². The molecule has 8 aromatic rings. The minimum absolute atomic E-state index is 0.00474. The molecule has 0 aliphatic rings. The second kappa shape index (κ2) is 24.8. The number of phenols is 1. The normalized spacial score (nSPS) is 12.6. The van der Waals surface area contributed by atoms with Crippen molar-refractivity contribution < 1.29 is 76.4 Å². The summed E-state index contributed by atoms with van der Waals surface area (Å²) in [6.07, 6.45) is -0.106. The van der Waals surface area contributed by atoms with E-state index in [9.17, 15) is 61.8 Å². The maximum atomic E-state index is 12.7. The molecule has 27 nitrogen and oxygen atoms in total. The number of ether oxygens (including phenoxy) is 2. The maximum Gasteiger partial charge on any atom is 0.305 e. The number of hydrogen-bond acceptors (Lipinski definition) is 22. The molecule has 0 bridgehead atoms. The van der Waals surface area contributed by atoms with Crippen LogP contribution in [-0.2, 0) is 50.0 Å². The molecule has 0 atom stereocenters. The van der Waals surface area contributed by atoms with E-state index in [0.717, 1.165) is 17.8 Å². The van der Waals surface area contributed by atoms with Gasteiger partial charge in [-0.1, -0.05) is 0 Å². The van der Waals surface area contributed by atoms with Gasteiger partial charge in [-0.25, -0.2) is 0 Å². The van der Waals surface area contributed by atoms with Crippen molar-refractivity contribution in [3.8, 4) is 11.5 Å². The van der Waals surface area contributed by atoms with Crippen molar-refractivity contribution in [2.45, 2.75) is 53.7 Å². The fourth-order valence-corrected chi connectivity index (χ4v) is 10.7. The molecule has 0 aliphatic carbocycles. The van der Waals surface area contributed by atoms with Crippen LogP contribution in [-0.4, -0.2) is 88.1 Å². The zero-order valence-corrected chi connectivity index (χ0v) is 47.5. The van der Waals surface area contributed by atoms with E-state index in [1.165, 1.54) is 24.3 Å². The van der Waals surface area contributed by atoms with Gasteiger partial charge in [0, 0.05) is 22.1 Å². The number of nitrogens with one attached hydrogen (secondary N) is 2. The molecule has 8 N–H and O–H groups in total. The molecule has 0 spiro atoms. The lowest BCUT2D eigenvalue weighted by Gasteiger charge is -2.13. The third-order valence-electron chi connectivity index (χ3n) is 12.3. The minimum Gasteiger partial charge on any atom is -0.505 e. The number of carbonyl (C=O) groups is 1. The summed E-state index contributed by atoms with van der Waals surface area (Å²) >= 11 is 0. The zero-order valence-electron chi connectivity index (χ0n) is 44.3. The van der Waals surface area contributed by atoms with E-state index in [4.69, 9.17) is 14.6 Å². The summed E-state index contributed by atoms with van der Waals surface area (Å²) in [5, 5.41) is 59.5. The van der Waals surface area contributed by atoms with Gasteiger partial charge in [0.25, 0.3) is 40.5 Å². The van der Waals surface area contributed by atoms with E-state index in [0.29, 0.717) is 74.3 Å². The lowest BCUT2D eigenvalue weighted by Crippen LogP contribution is -2.10. The predicted octanol–water partition coefficient (Wildman–Crippen LogP) is 12.9. The number of rotatable bonds is 22. The Bertz CT molecular complexity index is 4540. The van der Waals surface area contributed by atoms with E-state index in [-0.39, 0.29) is 42.9 Å². The van der Waals surface area contributed by atoms with Crippen molar-refractivity contribution in [1.82, 2.24) is 0 Å². The number of azo groups is 4. The Balaban J connectivity index is 0.919. The van der Waals surface area contributed by atoms with Gasteiger partial charge < -0.3 is 30.3 Å². The number of anilines is 2. The van der Waals surface area contributed by atoms with Gasteiger partial charge in [0.05, 0.1) is 52.0 Å². The fraction of sp³-hybridized carbons (Fsp3) is 0.151. The largest absolute Gasteiger partial charge is 0.505 e. The lowest BCUT2D eigenvalue weighted by molar-refractivity contribution is -0.138. The highest BCUT2D eigenvalue weighted by atomic mass is 32.2. The summed E-state index contributed by atoms with van der Waals surface area (Å²) in [7, 11) is -20.2. The van der Waals surface area contributed by atoms with Crippen molar-refractivity contribution in [3.05, 3.63) is 144 Å². The highest BCUT2D eigenvalue weighted by Gasteiger charge is 2.26. The van der Waals surface area contributed by atoms with E-state index in [2.05, 4.69) is 51.5 Å². The Morgan fingerprint density at radius 2 is 0.964 bits per heavy atom. The first-order valence-electron chi connectivity index (χ1n) is 24.3. The number of fused-ring (bicyclic) bond motifs is 2. The molecular weight excluding hydrogens is 1180 g/mol. The lowest BCUT2D eigenvalue weighted by atomic mass is 10.1. The first kappa shape index (κ1) is 61.0. The smallest absolute Gasteiger partial charge is 0.305 e. The molecule has 0 aliphatic heterocycles. The van der Waals surface area contributed by atoms with Gasteiger partial charge in [0.2, 0.25) is 0 Å². The highest BCUT2D eigenvalue weighted by Crippen LogP contribution is 2.43. The highest BCUT2D eigenvalue weighted by molar-refractivity contribution is 7.87. The van der Waals surface area contributed by atoms with Crippen LogP contribution in [0.4, 0.5) is 56.9 Å². The molecule has 0 heterocycles. The Morgan fingerprint density at radius 1 is 0.464 bits per heavy atom. The number of benzene rings is 8. The number of carboxylic acid groups (broad SMARTS) is 1. The summed E-state index contributed by atoms with van der Waals surface area (Å²) in [6, 6.07) is 28.5. The van der Waals surface area contributed by atoms with Crippen molar-refractivity contribution >= 4 is 125 Å². The summed E-state index contributed by atoms with van der Waals surface area (Å²) < 4.78 is 149. The van der Waals surface area contributed by atoms with Gasteiger partial charge in [-0.2, -0.15) is 64.4 Å². The van der Waals surface area contributed by atoms with Crippen LogP contribution in [0.25, 0.3) is 21.5 Å². The van der Waals surface area contributed by atoms with Crippen LogP contribution in [0.15, 0.2) is 182 Å². The van der Waals surface area contributed by atoms with E-state index >= 15 is 0 Å². The monoisotopic (exact) mass is 1220 g/mol. The molecular formula is C53H48N10O17S4. The number of phenolic OH excluding ortho intramolecular Hbond substituents is 1. The van der Waals surface area contributed by atoms with Crippen molar-refractivity contribution in [1.29, 1.82) is 0 Å². The SMILES string of the molecule is Cc1cc(N=Nc2cc(C)c(N=Nc3c(S(=O)(=O)O)cc4cc(NCOc5ccc(NCOCCC(=O)O)cc5)ccc4c3O)cc2C)ccc1N=Nc1ccc(N=Nc2cc3c(S(=O)(=O)O)cc(S(=O)(=O)O)cc3cc2S(=O)(=O)O)c(C)c1. The van der Waals surface area contributed by atoms with Crippen LogP contribution < -0.4 is 15.4 Å². The first-order valence-corrected chi connectivity index (χ1v) is 30.1. The molecule has 0 unspecified atom stereocenters. The van der Waals surface area contributed by atoms with Crippen LogP contribution in [0.1, 0.15) is 28.7 Å². The Labute approximate surface area is 479 Å². The number of nitrogens with zero attached hydrogens (tertiary/aromatic N) is 8. The summed E-state index contributed by atoms with van der Waals surface area (Å²) in [5.41, 5.74) is 4.75. The second-order valence-electron chi connectivity index (χ2n) is 18.4. The molecule has 0 saturated carbocycles. The van der Waals surface area contributed by atoms with Crippen LogP contribution in [0.3, 0.4) is 0 Å². The number of aromatic hydroxyl groups is 1.